The Kier molecular flexibility index (Phi) is 2.48. The van der Waals surface area contributed by atoms with Crippen molar-refractivity contribution < 1.29 is 5.41 Å². The summed E-state index contributed by atoms with van der Waals surface area (Å²) in [6.45, 7) is 3.97. The van der Waals surface area contributed by atoms with Crippen LogP contribution in [0.15, 0.2) is 18.2 Å². The zero-order chi connectivity index (χ0) is 9.14. The molecule has 0 saturated carbocycles. The van der Waals surface area contributed by atoms with Crippen molar-refractivity contribution in [3.63, 3.8) is 0 Å². The molecule has 1 aromatic rings. The largest absolute Gasteiger partial charge is 0.387 e. The molecule has 64 valence electrons. The molecule has 0 atom stereocenters. The first-order valence-corrected chi connectivity index (χ1v) is 4.03. The van der Waals surface area contributed by atoms with Crippen molar-refractivity contribution in [2.45, 2.75) is 13.8 Å². The Bertz CT molecular complexity index is 303. The molecule has 0 amide bonds. The normalized spacial score (nSPS) is 9.58. The Morgan fingerprint density at radius 2 is 2.08 bits per heavy atom. The van der Waals surface area contributed by atoms with Crippen LogP contribution in [-0.4, -0.2) is 12.8 Å². The van der Waals surface area contributed by atoms with Gasteiger partial charge in [0.2, 0.25) is 0 Å². The highest BCUT2D eigenvalue weighted by Crippen LogP contribution is 2.15. The molecule has 1 aromatic carbocycles. The molecule has 2 nitrogen and oxygen atoms in total. The smallest absolute Gasteiger partial charge is 0.179 e. The van der Waals surface area contributed by atoms with Gasteiger partial charge in [-0.2, -0.15) is 0 Å². The molecular formula is C10H15N2+. The molecule has 0 aromatic heterocycles. The fourth-order valence-electron chi connectivity index (χ4n) is 1.20. The van der Waals surface area contributed by atoms with E-state index in [1.807, 2.05) is 20.0 Å². The first kappa shape index (κ1) is 8.78. The summed E-state index contributed by atoms with van der Waals surface area (Å²) in [5, 5.41) is 8.84. The van der Waals surface area contributed by atoms with Crippen molar-refractivity contribution in [2.24, 2.45) is 0 Å². The zero-order valence-electron chi connectivity index (χ0n) is 7.81. The van der Waals surface area contributed by atoms with Crippen molar-refractivity contribution >= 4 is 11.4 Å². The minimum Gasteiger partial charge on any atom is -0.387 e. The van der Waals surface area contributed by atoms with Crippen LogP contribution in [0, 0.1) is 6.92 Å². The highest BCUT2D eigenvalue weighted by Gasteiger charge is 2.05. The number of anilines is 1. The van der Waals surface area contributed by atoms with E-state index < -0.39 is 0 Å². The molecule has 2 heteroatoms. The maximum atomic E-state index is 5.74. The van der Waals surface area contributed by atoms with Gasteiger partial charge in [0, 0.05) is 19.7 Å². The van der Waals surface area contributed by atoms with Crippen LogP contribution in [0.25, 0.3) is 0 Å². The van der Waals surface area contributed by atoms with Crippen molar-refractivity contribution in [1.82, 2.24) is 0 Å². The second kappa shape index (κ2) is 3.39. The van der Waals surface area contributed by atoms with E-state index in [2.05, 4.69) is 24.4 Å². The topological polar surface area (TPSA) is 37.6 Å². The Labute approximate surface area is 73.1 Å². The van der Waals surface area contributed by atoms with Gasteiger partial charge in [-0.3, -0.25) is 5.41 Å². The summed E-state index contributed by atoms with van der Waals surface area (Å²) in [4.78, 5) is 0. The lowest BCUT2D eigenvalue weighted by Gasteiger charge is -2.05. The maximum absolute atomic E-state index is 5.74. The Balaban J connectivity index is 3.21. The van der Waals surface area contributed by atoms with Gasteiger partial charge < -0.3 is 5.32 Å². The lowest BCUT2D eigenvalue weighted by atomic mass is 10.1. The molecule has 0 unspecified atom stereocenters. The van der Waals surface area contributed by atoms with E-state index in [4.69, 9.17) is 5.41 Å². The minimum absolute atomic E-state index is 0.850. The summed E-state index contributed by atoms with van der Waals surface area (Å²) in [5.41, 5.74) is 4.26. The van der Waals surface area contributed by atoms with Gasteiger partial charge in [0.1, 0.15) is 0 Å². The molecule has 1 rings (SSSR count). The van der Waals surface area contributed by atoms with E-state index in [9.17, 15) is 0 Å². The van der Waals surface area contributed by atoms with Crippen molar-refractivity contribution in [3.05, 3.63) is 29.3 Å². The molecule has 0 heterocycles. The van der Waals surface area contributed by atoms with Crippen molar-refractivity contribution in [2.75, 3.05) is 12.4 Å². The Morgan fingerprint density at radius 1 is 1.42 bits per heavy atom. The number of rotatable bonds is 2. The number of nitrogens with two attached hydrogens (primary N) is 1. The predicted molar refractivity (Wildman–Crippen MR) is 52.4 cm³/mol. The number of nitrogens with one attached hydrogen (secondary N) is 1. The highest BCUT2D eigenvalue weighted by molar-refractivity contribution is 5.99. The minimum atomic E-state index is 0.850. The third-order valence-corrected chi connectivity index (χ3v) is 1.87. The maximum Gasteiger partial charge on any atom is 0.179 e. The van der Waals surface area contributed by atoms with Gasteiger partial charge in [0.25, 0.3) is 0 Å². The van der Waals surface area contributed by atoms with Crippen LogP contribution in [0.3, 0.4) is 0 Å². The number of hydrogen-bond acceptors (Lipinski definition) is 1. The molecular weight excluding hydrogens is 148 g/mol. The summed E-state index contributed by atoms with van der Waals surface area (Å²) in [7, 11) is 1.90. The third-order valence-electron chi connectivity index (χ3n) is 1.87. The van der Waals surface area contributed by atoms with E-state index in [1.54, 1.807) is 0 Å². The molecule has 0 aliphatic rings. The quantitative estimate of drug-likeness (QED) is 0.616. The first-order valence-electron chi connectivity index (χ1n) is 4.03. The SMILES string of the molecule is CNc1ccc(C)cc1C(C)=[NH2+]. The molecule has 0 spiro atoms. The summed E-state index contributed by atoms with van der Waals surface area (Å²) in [6, 6.07) is 6.19. The van der Waals surface area contributed by atoms with Crippen LogP contribution in [0.2, 0.25) is 0 Å². The number of benzene rings is 1. The van der Waals surface area contributed by atoms with Gasteiger partial charge in [0.15, 0.2) is 5.71 Å². The van der Waals surface area contributed by atoms with Crippen LogP contribution in [-0.2, 0) is 0 Å². The fraction of sp³-hybridized carbons (Fsp3) is 0.300. The molecule has 0 bridgehead atoms. The van der Waals surface area contributed by atoms with Gasteiger partial charge in [-0.05, 0) is 19.1 Å². The fourth-order valence-corrected chi connectivity index (χ4v) is 1.20. The molecule has 3 N–H and O–H groups in total. The van der Waals surface area contributed by atoms with Crippen LogP contribution in [0.4, 0.5) is 5.69 Å². The standard InChI is InChI=1S/C10H14N2/c1-7-4-5-10(12-3)9(6-7)8(2)11/h4-6,11-12H,1-3H3/p+1. The molecule has 12 heavy (non-hydrogen) atoms. The molecule has 0 saturated heterocycles. The lowest BCUT2D eigenvalue weighted by molar-refractivity contribution is -0.113. The van der Waals surface area contributed by atoms with Crippen LogP contribution >= 0.6 is 0 Å². The summed E-state index contributed by atoms with van der Waals surface area (Å²) in [6.07, 6.45) is 0. The van der Waals surface area contributed by atoms with E-state index in [0.717, 1.165) is 17.0 Å². The van der Waals surface area contributed by atoms with E-state index in [0.29, 0.717) is 0 Å². The lowest BCUT2D eigenvalue weighted by Crippen LogP contribution is -2.38. The van der Waals surface area contributed by atoms with Crippen LogP contribution in [0.1, 0.15) is 18.1 Å². The third kappa shape index (κ3) is 1.64. The van der Waals surface area contributed by atoms with Crippen molar-refractivity contribution in [1.29, 1.82) is 0 Å². The van der Waals surface area contributed by atoms with Gasteiger partial charge >= 0.3 is 0 Å². The van der Waals surface area contributed by atoms with E-state index >= 15 is 0 Å². The first-order chi connectivity index (χ1) is 5.65. The monoisotopic (exact) mass is 163 g/mol. The predicted octanol–water partition coefficient (Wildman–Crippen LogP) is 0.605. The Morgan fingerprint density at radius 3 is 2.58 bits per heavy atom. The number of aryl methyl sites for hydroxylation is 1. The van der Waals surface area contributed by atoms with Crippen LogP contribution in [0.5, 0.6) is 0 Å². The van der Waals surface area contributed by atoms with Crippen molar-refractivity contribution in [3.8, 4) is 0 Å². The number of hydrogen-bond donors (Lipinski definition) is 2. The molecule has 0 fully saturated rings. The van der Waals surface area contributed by atoms with E-state index in [-0.39, 0.29) is 0 Å². The second-order valence-electron chi connectivity index (χ2n) is 2.98. The second-order valence-corrected chi connectivity index (χ2v) is 2.98. The van der Waals surface area contributed by atoms with Gasteiger partial charge in [0.05, 0.1) is 5.56 Å². The van der Waals surface area contributed by atoms with Gasteiger partial charge in [-0.1, -0.05) is 11.6 Å². The molecule has 0 radical (unpaired) electrons. The summed E-state index contributed by atoms with van der Waals surface area (Å²) >= 11 is 0. The van der Waals surface area contributed by atoms with Gasteiger partial charge in [-0.15, -0.1) is 0 Å². The average molecular weight is 163 g/mol. The highest BCUT2D eigenvalue weighted by atomic mass is 14.8. The summed E-state index contributed by atoms with van der Waals surface area (Å²) in [5.74, 6) is 0. The van der Waals surface area contributed by atoms with E-state index in [1.165, 1.54) is 5.56 Å². The summed E-state index contributed by atoms with van der Waals surface area (Å²) < 4.78 is 0. The molecule has 0 aliphatic heterocycles. The van der Waals surface area contributed by atoms with Gasteiger partial charge in [-0.25, -0.2) is 0 Å². The van der Waals surface area contributed by atoms with Crippen LogP contribution < -0.4 is 10.7 Å². The average Bonchev–Trinajstić information content (AvgIpc) is 2.04. The Hall–Kier alpha value is -1.31. The zero-order valence-corrected chi connectivity index (χ0v) is 7.81. The molecule has 0 aliphatic carbocycles.